The van der Waals surface area contributed by atoms with Crippen molar-refractivity contribution >= 4 is 17.3 Å². The molecular weight excluding hydrogens is 326 g/mol. The van der Waals surface area contributed by atoms with E-state index in [1.165, 1.54) is 57.8 Å². The van der Waals surface area contributed by atoms with Crippen molar-refractivity contribution in [1.82, 2.24) is 10.6 Å². The standard InChI is InChI=1S/C21H45N3S/c1-5-9-11-12-14-16-23-20(25)24-17-19(15-13-10-6-2)21(7-3,8-4)18-22/h19H,5-18,22H2,1-4H3,(H2,23,24,25)/t19-/m1/s1. The summed E-state index contributed by atoms with van der Waals surface area (Å²) >= 11 is 5.49. The fourth-order valence-corrected chi connectivity index (χ4v) is 3.94. The van der Waals surface area contributed by atoms with Crippen LogP contribution in [0.5, 0.6) is 0 Å². The molecular formula is C21H45N3S. The molecule has 1 atom stereocenters. The fourth-order valence-electron chi connectivity index (χ4n) is 3.76. The average Bonchev–Trinajstić information content (AvgIpc) is 2.63. The van der Waals surface area contributed by atoms with Gasteiger partial charge in [0, 0.05) is 13.1 Å². The van der Waals surface area contributed by atoms with Crippen LogP contribution in [0.1, 0.15) is 98.3 Å². The molecule has 0 aromatic carbocycles. The number of thiocarbonyl (C=S) groups is 1. The van der Waals surface area contributed by atoms with Crippen LogP contribution in [0.3, 0.4) is 0 Å². The first-order chi connectivity index (χ1) is 12.1. The summed E-state index contributed by atoms with van der Waals surface area (Å²) in [5.74, 6) is 0.600. The Morgan fingerprint density at radius 3 is 2.04 bits per heavy atom. The van der Waals surface area contributed by atoms with Gasteiger partial charge in [-0.3, -0.25) is 0 Å². The second-order valence-corrected chi connectivity index (χ2v) is 7.93. The molecule has 0 fully saturated rings. The van der Waals surface area contributed by atoms with Crippen LogP contribution in [-0.2, 0) is 0 Å². The monoisotopic (exact) mass is 371 g/mol. The van der Waals surface area contributed by atoms with Gasteiger partial charge in [-0.2, -0.15) is 0 Å². The summed E-state index contributed by atoms with van der Waals surface area (Å²) in [6, 6.07) is 0. The van der Waals surface area contributed by atoms with E-state index in [1.807, 2.05) is 0 Å². The molecule has 3 nitrogen and oxygen atoms in total. The normalized spacial score (nSPS) is 12.8. The molecule has 0 saturated carbocycles. The first-order valence-electron chi connectivity index (χ1n) is 10.8. The molecule has 0 amide bonds. The van der Waals surface area contributed by atoms with Crippen LogP contribution in [0, 0.1) is 11.3 Å². The van der Waals surface area contributed by atoms with Gasteiger partial charge in [0.25, 0.3) is 0 Å². The maximum absolute atomic E-state index is 6.20. The zero-order chi connectivity index (χ0) is 19.0. The van der Waals surface area contributed by atoms with Crippen molar-refractivity contribution < 1.29 is 0 Å². The Morgan fingerprint density at radius 2 is 1.48 bits per heavy atom. The number of unbranched alkanes of at least 4 members (excludes halogenated alkanes) is 6. The Balaban J connectivity index is 4.33. The quantitative estimate of drug-likeness (QED) is 0.252. The highest BCUT2D eigenvalue weighted by atomic mass is 32.1. The van der Waals surface area contributed by atoms with E-state index in [4.69, 9.17) is 18.0 Å². The maximum Gasteiger partial charge on any atom is 0.166 e. The van der Waals surface area contributed by atoms with E-state index in [-0.39, 0.29) is 5.41 Å². The van der Waals surface area contributed by atoms with Crippen molar-refractivity contribution in [3.8, 4) is 0 Å². The Morgan fingerprint density at radius 1 is 0.880 bits per heavy atom. The lowest BCUT2D eigenvalue weighted by Crippen LogP contribution is -2.45. The minimum Gasteiger partial charge on any atom is -0.363 e. The fraction of sp³-hybridized carbons (Fsp3) is 0.952. The lowest BCUT2D eigenvalue weighted by Gasteiger charge is -2.39. The second-order valence-electron chi connectivity index (χ2n) is 7.52. The van der Waals surface area contributed by atoms with Gasteiger partial charge >= 0.3 is 0 Å². The molecule has 0 spiro atoms. The molecule has 0 heterocycles. The van der Waals surface area contributed by atoms with Crippen LogP contribution in [0.2, 0.25) is 0 Å². The Kier molecular flexibility index (Phi) is 15.6. The summed E-state index contributed by atoms with van der Waals surface area (Å²) < 4.78 is 0. The minimum atomic E-state index is 0.247. The van der Waals surface area contributed by atoms with Gasteiger partial charge in [0.15, 0.2) is 5.11 Å². The van der Waals surface area contributed by atoms with E-state index >= 15 is 0 Å². The molecule has 0 unspecified atom stereocenters. The van der Waals surface area contributed by atoms with E-state index in [0.717, 1.165) is 37.6 Å². The summed E-state index contributed by atoms with van der Waals surface area (Å²) in [6.45, 7) is 11.8. The molecule has 150 valence electrons. The highest BCUT2D eigenvalue weighted by molar-refractivity contribution is 7.80. The van der Waals surface area contributed by atoms with E-state index in [2.05, 4.69) is 38.3 Å². The van der Waals surface area contributed by atoms with Crippen LogP contribution < -0.4 is 16.4 Å². The zero-order valence-corrected chi connectivity index (χ0v) is 18.3. The SMILES string of the molecule is CCCCCCCNC(=S)NC[C@@H](CCCCC)C(CC)(CC)CN. The number of nitrogens with two attached hydrogens (primary N) is 1. The maximum atomic E-state index is 6.20. The topological polar surface area (TPSA) is 50.1 Å². The Bertz CT molecular complexity index is 308. The first kappa shape index (κ1) is 24.7. The molecule has 0 radical (unpaired) electrons. The van der Waals surface area contributed by atoms with E-state index in [0.29, 0.717) is 5.92 Å². The van der Waals surface area contributed by atoms with Crippen LogP contribution in [0.25, 0.3) is 0 Å². The van der Waals surface area contributed by atoms with Crippen LogP contribution in [0.15, 0.2) is 0 Å². The molecule has 0 aromatic rings. The average molecular weight is 372 g/mol. The summed E-state index contributed by atoms with van der Waals surface area (Å²) in [5.41, 5.74) is 6.45. The number of nitrogens with one attached hydrogen (secondary N) is 2. The second kappa shape index (κ2) is 15.9. The van der Waals surface area contributed by atoms with Crippen molar-refractivity contribution in [2.24, 2.45) is 17.1 Å². The van der Waals surface area contributed by atoms with Gasteiger partial charge in [0.05, 0.1) is 0 Å². The van der Waals surface area contributed by atoms with Crippen LogP contribution in [-0.4, -0.2) is 24.7 Å². The van der Waals surface area contributed by atoms with Crippen LogP contribution in [0.4, 0.5) is 0 Å². The molecule has 4 heteroatoms. The Labute approximate surface area is 163 Å². The minimum absolute atomic E-state index is 0.247. The predicted molar refractivity (Wildman–Crippen MR) is 117 cm³/mol. The molecule has 25 heavy (non-hydrogen) atoms. The van der Waals surface area contributed by atoms with Crippen molar-refractivity contribution in [1.29, 1.82) is 0 Å². The lowest BCUT2D eigenvalue weighted by molar-refractivity contribution is 0.141. The van der Waals surface area contributed by atoms with Crippen LogP contribution >= 0.6 is 12.2 Å². The molecule has 0 saturated heterocycles. The molecule has 0 rings (SSSR count). The number of hydrogen-bond acceptors (Lipinski definition) is 2. The third-order valence-corrected chi connectivity index (χ3v) is 6.20. The summed E-state index contributed by atoms with van der Waals surface area (Å²) in [4.78, 5) is 0. The van der Waals surface area contributed by atoms with Gasteiger partial charge < -0.3 is 16.4 Å². The number of hydrogen-bond donors (Lipinski definition) is 3. The first-order valence-corrected chi connectivity index (χ1v) is 11.2. The van der Waals surface area contributed by atoms with Gasteiger partial charge in [-0.15, -0.1) is 0 Å². The van der Waals surface area contributed by atoms with Crippen molar-refractivity contribution in [2.75, 3.05) is 19.6 Å². The lowest BCUT2D eigenvalue weighted by atomic mass is 9.69. The van der Waals surface area contributed by atoms with Gasteiger partial charge in [-0.1, -0.05) is 72.6 Å². The predicted octanol–water partition coefficient (Wildman–Crippen LogP) is 5.38. The smallest absolute Gasteiger partial charge is 0.166 e. The third-order valence-electron chi connectivity index (χ3n) is 5.91. The molecule has 0 bridgehead atoms. The third kappa shape index (κ3) is 10.4. The molecule has 4 N–H and O–H groups in total. The van der Waals surface area contributed by atoms with Gasteiger partial charge in [0.1, 0.15) is 0 Å². The zero-order valence-electron chi connectivity index (χ0n) is 17.5. The molecule has 0 aliphatic heterocycles. The highest BCUT2D eigenvalue weighted by Gasteiger charge is 2.33. The summed E-state index contributed by atoms with van der Waals surface area (Å²) in [6.07, 6.45) is 13.9. The van der Waals surface area contributed by atoms with Crippen molar-refractivity contribution in [3.63, 3.8) is 0 Å². The van der Waals surface area contributed by atoms with Crippen molar-refractivity contribution in [2.45, 2.75) is 98.3 Å². The molecule has 0 aliphatic rings. The van der Waals surface area contributed by atoms with Crippen molar-refractivity contribution in [3.05, 3.63) is 0 Å². The summed E-state index contributed by atoms with van der Waals surface area (Å²) in [5, 5.41) is 7.68. The van der Waals surface area contributed by atoms with E-state index in [1.54, 1.807) is 0 Å². The molecule has 0 aromatic heterocycles. The van der Waals surface area contributed by atoms with E-state index in [9.17, 15) is 0 Å². The van der Waals surface area contributed by atoms with Gasteiger partial charge in [0.2, 0.25) is 0 Å². The number of rotatable bonds is 16. The van der Waals surface area contributed by atoms with E-state index < -0.39 is 0 Å². The van der Waals surface area contributed by atoms with Gasteiger partial charge in [-0.25, -0.2) is 0 Å². The largest absolute Gasteiger partial charge is 0.363 e. The summed E-state index contributed by atoms with van der Waals surface area (Å²) in [7, 11) is 0. The highest BCUT2D eigenvalue weighted by Crippen LogP contribution is 2.37. The van der Waals surface area contributed by atoms with Gasteiger partial charge in [-0.05, 0) is 55.8 Å². The molecule has 0 aliphatic carbocycles. The Hall–Kier alpha value is -0.350.